The molecule has 5 heteroatoms. The quantitative estimate of drug-likeness (QED) is 0.721. The van der Waals surface area contributed by atoms with Crippen molar-refractivity contribution >= 4 is 23.2 Å². The first kappa shape index (κ1) is 17.2. The van der Waals surface area contributed by atoms with E-state index in [0.29, 0.717) is 23.6 Å². The molecule has 0 bridgehead atoms. The molecule has 1 N–H and O–H groups in total. The van der Waals surface area contributed by atoms with Crippen LogP contribution in [0.1, 0.15) is 23.4 Å². The van der Waals surface area contributed by atoms with Gasteiger partial charge in [0.15, 0.2) is 0 Å². The molecule has 4 nitrogen and oxygen atoms in total. The van der Waals surface area contributed by atoms with Gasteiger partial charge in [0.2, 0.25) is 5.91 Å². The first-order chi connectivity index (χ1) is 12.0. The number of amides is 1. The van der Waals surface area contributed by atoms with Gasteiger partial charge in [0.1, 0.15) is 0 Å². The number of nitrogens with zero attached hydrogens (tertiary/aromatic N) is 2. The van der Waals surface area contributed by atoms with E-state index in [0.717, 1.165) is 22.6 Å². The first-order valence-corrected chi connectivity index (χ1v) is 8.58. The topological polar surface area (TPSA) is 46.9 Å². The standard InChI is InChI=1S/C20H20ClN3O/c1-14-13-15(2)24(23-14)17-10-7-16(8-11-17)9-12-20(25)22-19-6-4-3-5-18(19)21/h3-8,10-11,13H,9,12H2,1-2H3,(H,22,25). The molecule has 0 atom stereocenters. The van der Waals surface area contributed by atoms with E-state index < -0.39 is 0 Å². The van der Waals surface area contributed by atoms with Gasteiger partial charge in [0.25, 0.3) is 0 Å². The number of benzene rings is 2. The molecule has 1 aromatic heterocycles. The predicted octanol–water partition coefficient (Wildman–Crippen LogP) is 4.71. The molecule has 25 heavy (non-hydrogen) atoms. The predicted molar refractivity (Wildman–Crippen MR) is 101 cm³/mol. The molecule has 0 saturated carbocycles. The van der Waals surface area contributed by atoms with E-state index in [9.17, 15) is 4.79 Å². The number of nitrogens with one attached hydrogen (secondary N) is 1. The molecule has 3 rings (SSSR count). The molecule has 0 radical (unpaired) electrons. The Labute approximate surface area is 152 Å². The molecule has 0 aliphatic heterocycles. The van der Waals surface area contributed by atoms with Crippen LogP contribution in [-0.2, 0) is 11.2 Å². The van der Waals surface area contributed by atoms with E-state index >= 15 is 0 Å². The van der Waals surface area contributed by atoms with Crippen LogP contribution in [0.2, 0.25) is 5.02 Å². The third kappa shape index (κ3) is 4.28. The van der Waals surface area contributed by atoms with Gasteiger partial charge in [0, 0.05) is 12.1 Å². The number of aryl methyl sites for hydroxylation is 3. The summed E-state index contributed by atoms with van der Waals surface area (Å²) in [7, 11) is 0. The molecule has 0 spiro atoms. The summed E-state index contributed by atoms with van der Waals surface area (Å²) in [5.41, 5.74) is 4.88. The molecule has 0 fully saturated rings. The summed E-state index contributed by atoms with van der Waals surface area (Å²) in [6.45, 7) is 4.02. The Kier molecular flexibility index (Phi) is 5.19. The zero-order valence-corrected chi connectivity index (χ0v) is 15.0. The van der Waals surface area contributed by atoms with Crippen molar-refractivity contribution < 1.29 is 4.79 Å². The summed E-state index contributed by atoms with van der Waals surface area (Å²) in [5.74, 6) is -0.0456. The van der Waals surface area contributed by atoms with Crippen LogP contribution >= 0.6 is 11.6 Å². The van der Waals surface area contributed by atoms with Crippen LogP contribution in [0.4, 0.5) is 5.69 Å². The normalized spacial score (nSPS) is 10.7. The van der Waals surface area contributed by atoms with Crippen molar-refractivity contribution in [3.63, 3.8) is 0 Å². The lowest BCUT2D eigenvalue weighted by Gasteiger charge is -2.08. The van der Waals surface area contributed by atoms with Gasteiger partial charge in [-0.1, -0.05) is 35.9 Å². The average molecular weight is 354 g/mol. The number of hydrogen-bond donors (Lipinski definition) is 1. The van der Waals surface area contributed by atoms with E-state index in [1.165, 1.54) is 0 Å². The minimum absolute atomic E-state index is 0.0456. The van der Waals surface area contributed by atoms with Crippen molar-refractivity contribution in [3.05, 3.63) is 76.6 Å². The van der Waals surface area contributed by atoms with Gasteiger partial charge in [-0.25, -0.2) is 4.68 Å². The Bertz CT molecular complexity index is 884. The van der Waals surface area contributed by atoms with Gasteiger partial charge in [-0.3, -0.25) is 4.79 Å². The first-order valence-electron chi connectivity index (χ1n) is 8.20. The van der Waals surface area contributed by atoms with Gasteiger partial charge in [-0.05, 0) is 56.2 Å². The highest BCUT2D eigenvalue weighted by Gasteiger charge is 2.07. The largest absolute Gasteiger partial charge is 0.325 e. The molecule has 0 saturated heterocycles. The van der Waals surface area contributed by atoms with Crippen LogP contribution in [0.5, 0.6) is 0 Å². The van der Waals surface area contributed by atoms with Crippen molar-refractivity contribution in [1.82, 2.24) is 9.78 Å². The molecule has 0 aliphatic carbocycles. The minimum atomic E-state index is -0.0456. The molecule has 3 aromatic rings. The van der Waals surface area contributed by atoms with Crippen LogP contribution in [-0.4, -0.2) is 15.7 Å². The van der Waals surface area contributed by atoms with Crippen molar-refractivity contribution in [2.24, 2.45) is 0 Å². The fourth-order valence-corrected chi connectivity index (χ4v) is 2.91. The van der Waals surface area contributed by atoms with Gasteiger partial charge >= 0.3 is 0 Å². The Morgan fingerprint density at radius 2 is 1.84 bits per heavy atom. The monoisotopic (exact) mass is 353 g/mol. The lowest BCUT2D eigenvalue weighted by Crippen LogP contribution is -2.12. The molecule has 1 heterocycles. The molecule has 0 aliphatic rings. The number of para-hydroxylation sites is 1. The zero-order valence-electron chi connectivity index (χ0n) is 14.3. The minimum Gasteiger partial charge on any atom is -0.325 e. The molecule has 2 aromatic carbocycles. The summed E-state index contributed by atoms with van der Waals surface area (Å²) < 4.78 is 1.92. The highest BCUT2D eigenvalue weighted by molar-refractivity contribution is 6.33. The van der Waals surface area contributed by atoms with Crippen LogP contribution in [0.25, 0.3) is 5.69 Å². The van der Waals surface area contributed by atoms with Gasteiger partial charge < -0.3 is 5.32 Å². The third-order valence-corrected chi connectivity index (χ3v) is 4.31. The Morgan fingerprint density at radius 1 is 1.12 bits per heavy atom. The summed E-state index contributed by atoms with van der Waals surface area (Å²) in [4.78, 5) is 12.1. The number of carbonyl (C=O) groups excluding carboxylic acids is 1. The number of anilines is 1. The van der Waals surface area contributed by atoms with Crippen molar-refractivity contribution in [2.45, 2.75) is 26.7 Å². The maximum atomic E-state index is 12.1. The van der Waals surface area contributed by atoms with E-state index in [4.69, 9.17) is 11.6 Å². The third-order valence-electron chi connectivity index (χ3n) is 3.98. The summed E-state index contributed by atoms with van der Waals surface area (Å²) >= 11 is 6.05. The molecule has 0 unspecified atom stereocenters. The SMILES string of the molecule is Cc1cc(C)n(-c2ccc(CCC(=O)Nc3ccccc3Cl)cc2)n1. The highest BCUT2D eigenvalue weighted by atomic mass is 35.5. The van der Waals surface area contributed by atoms with Crippen LogP contribution in [0.3, 0.4) is 0 Å². The maximum Gasteiger partial charge on any atom is 0.224 e. The zero-order chi connectivity index (χ0) is 17.8. The number of halogens is 1. The van der Waals surface area contributed by atoms with Crippen LogP contribution < -0.4 is 5.32 Å². The van der Waals surface area contributed by atoms with Crippen molar-refractivity contribution in [3.8, 4) is 5.69 Å². The Hall–Kier alpha value is -2.59. The fraction of sp³-hybridized carbons (Fsp3) is 0.200. The van der Waals surface area contributed by atoms with E-state index in [1.807, 2.05) is 61.0 Å². The Balaban J connectivity index is 1.59. The van der Waals surface area contributed by atoms with E-state index in [-0.39, 0.29) is 5.91 Å². The van der Waals surface area contributed by atoms with Crippen LogP contribution in [0, 0.1) is 13.8 Å². The molecule has 128 valence electrons. The lowest BCUT2D eigenvalue weighted by atomic mass is 10.1. The second-order valence-corrected chi connectivity index (χ2v) is 6.44. The second-order valence-electron chi connectivity index (χ2n) is 6.03. The molecular formula is C20H20ClN3O. The highest BCUT2D eigenvalue weighted by Crippen LogP contribution is 2.21. The van der Waals surface area contributed by atoms with Crippen LogP contribution in [0.15, 0.2) is 54.6 Å². The van der Waals surface area contributed by atoms with Crippen molar-refractivity contribution in [1.29, 1.82) is 0 Å². The summed E-state index contributed by atoms with van der Waals surface area (Å²) in [6.07, 6.45) is 1.08. The van der Waals surface area contributed by atoms with Gasteiger partial charge in [0.05, 0.1) is 22.1 Å². The molecule has 1 amide bonds. The molecular weight excluding hydrogens is 334 g/mol. The Morgan fingerprint density at radius 3 is 2.48 bits per heavy atom. The second kappa shape index (κ2) is 7.53. The number of aromatic nitrogens is 2. The smallest absolute Gasteiger partial charge is 0.224 e. The lowest BCUT2D eigenvalue weighted by molar-refractivity contribution is -0.116. The van der Waals surface area contributed by atoms with E-state index in [1.54, 1.807) is 12.1 Å². The van der Waals surface area contributed by atoms with E-state index in [2.05, 4.69) is 10.4 Å². The maximum absolute atomic E-state index is 12.1. The van der Waals surface area contributed by atoms with Gasteiger partial charge in [-0.15, -0.1) is 0 Å². The number of rotatable bonds is 5. The average Bonchev–Trinajstić information content (AvgIpc) is 2.94. The fourth-order valence-electron chi connectivity index (χ4n) is 2.73. The number of carbonyl (C=O) groups is 1. The summed E-state index contributed by atoms with van der Waals surface area (Å²) in [5, 5.41) is 7.87. The number of hydrogen-bond acceptors (Lipinski definition) is 2. The summed E-state index contributed by atoms with van der Waals surface area (Å²) in [6, 6.07) is 17.4. The van der Waals surface area contributed by atoms with Crippen molar-refractivity contribution in [2.75, 3.05) is 5.32 Å². The van der Waals surface area contributed by atoms with Gasteiger partial charge in [-0.2, -0.15) is 5.10 Å².